The highest BCUT2D eigenvalue weighted by atomic mass is 16.4. The summed E-state index contributed by atoms with van der Waals surface area (Å²) in [6.07, 6.45) is 4.50. The van der Waals surface area contributed by atoms with Gasteiger partial charge in [0.15, 0.2) is 0 Å². The lowest BCUT2D eigenvalue weighted by Gasteiger charge is -1.93. The Kier molecular flexibility index (Phi) is 5.60. The summed E-state index contributed by atoms with van der Waals surface area (Å²) >= 11 is 0. The average Bonchev–Trinajstić information content (AvgIpc) is 2.34. The number of carboxylic acid groups (broad SMARTS) is 1. The molecule has 17 heavy (non-hydrogen) atoms. The SMILES string of the molecule is CCCC/C=C(\C#Cc1ccccc1)C(=O)O. The van der Waals surface area contributed by atoms with E-state index in [1.54, 1.807) is 6.08 Å². The second-order valence-electron chi connectivity index (χ2n) is 3.68. The quantitative estimate of drug-likeness (QED) is 0.488. The fourth-order valence-electron chi connectivity index (χ4n) is 1.30. The molecule has 0 saturated heterocycles. The van der Waals surface area contributed by atoms with Crippen LogP contribution in [0.4, 0.5) is 0 Å². The second kappa shape index (κ2) is 7.29. The van der Waals surface area contributed by atoms with Gasteiger partial charge in [-0.15, -0.1) is 0 Å². The van der Waals surface area contributed by atoms with Crippen molar-refractivity contribution in [2.24, 2.45) is 0 Å². The number of benzene rings is 1. The number of hydrogen-bond donors (Lipinski definition) is 1. The monoisotopic (exact) mass is 228 g/mol. The second-order valence-corrected chi connectivity index (χ2v) is 3.68. The highest BCUT2D eigenvalue weighted by Crippen LogP contribution is 2.02. The molecule has 0 radical (unpaired) electrons. The number of carboxylic acids is 1. The fraction of sp³-hybridized carbons (Fsp3) is 0.267. The van der Waals surface area contributed by atoms with E-state index in [9.17, 15) is 4.79 Å². The molecule has 0 atom stereocenters. The van der Waals surface area contributed by atoms with Gasteiger partial charge in [0.1, 0.15) is 5.57 Å². The summed E-state index contributed by atoms with van der Waals surface area (Å²) in [5.74, 6) is 4.61. The van der Waals surface area contributed by atoms with Gasteiger partial charge in [-0.1, -0.05) is 55.9 Å². The molecule has 0 fully saturated rings. The summed E-state index contributed by atoms with van der Waals surface area (Å²) in [6, 6.07) is 9.38. The summed E-state index contributed by atoms with van der Waals surface area (Å²) in [7, 11) is 0. The van der Waals surface area contributed by atoms with Crippen LogP contribution in [-0.2, 0) is 4.79 Å². The van der Waals surface area contributed by atoms with Gasteiger partial charge in [-0.3, -0.25) is 0 Å². The molecule has 2 nitrogen and oxygen atoms in total. The molecule has 0 unspecified atom stereocenters. The minimum absolute atomic E-state index is 0.183. The van der Waals surface area contributed by atoms with E-state index in [1.165, 1.54) is 0 Å². The molecule has 1 aromatic carbocycles. The van der Waals surface area contributed by atoms with Gasteiger partial charge < -0.3 is 5.11 Å². The van der Waals surface area contributed by atoms with E-state index in [1.807, 2.05) is 30.3 Å². The number of unbranched alkanes of at least 4 members (excludes halogenated alkanes) is 2. The Balaban J connectivity index is 2.78. The lowest BCUT2D eigenvalue weighted by Crippen LogP contribution is -1.98. The van der Waals surface area contributed by atoms with Crippen LogP contribution in [0.2, 0.25) is 0 Å². The van der Waals surface area contributed by atoms with Crippen LogP contribution in [0.1, 0.15) is 31.7 Å². The van der Waals surface area contributed by atoms with Gasteiger partial charge in [0.25, 0.3) is 0 Å². The molecule has 0 heterocycles. The molecule has 0 aromatic heterocycles. The van der Waals surface area contributed by atoms with Gasteiger partial charge in [-0.05, 0) is 18.6 Å². The fourth-order valence-corrected chi connectivity index (χ4v) is 1.30. The molecular formula is C15H16O2. The van der Waals surface area contributed by atoms with Crippen LogP contribution in [-0.4, -0.2) is 11.1 Å². The number of allylic oxidation sites excluding steroid dienone is 1. The van der Waals surface area contributed by atoms with Crippen LogP contribution < -0.4 is 0 Å². The highest BCUT2D eigenvalue weighted by molar-refractivity contribution is 5.91. The standard InChI is InChI=1S/C15H16O2/c1-2-3-5-10-14(15(16)17)12-11-13-8-6-4-7-9-13/h4,6-10H,2-3,5H2,1H3,(H,16,17)/b14-10+. The molecule has 0 aliphatic rings. The topological polar surface area (TPSA) is 37.3 Å². The molecule has 0 amide bonds. The predicted molar refractivity (Wildman–Crippen MR) is 68.6 cm³/mol. The Morgan fingerprint density at radius 1 is 1.35 bits per heavy atom. The number of rotatable bonds is 4. The zero-order valence-electron chi connectivity index (χ0n) is 9.94. The van der Waals surface area contributed by atoms with Crippen molar-refractivity contribution in [3.8, 4) is 11.8 Å². The van der Waals surface area contributed by atoms with Gasteiger partial charge in [0.2, 0.25) is 0 Å². The summed E-state index contributed by atoms with van der Waals surface area (Å²) in [4.78, 5) is 10.9. The molecule has 88 valence electrons. The van der Waals surface area contributed by atoms with Gasteiger partial charge in [-0.25, -0.2) is 4.79 Å². The average molecular weight is 228 g/mol. The summed E-state index contributed by atoms with van der Waals surface area (Å²) < 4.78 is 0. The van der Waals surface area contributed by atoms with E-state index in [4.69, 9.17) is 5.11 Å². The minimum Gasteiger partial charge on any atom is -0.477 e. The van der Waals surface area contributed by atoms with Gasteiger partial charge in [0.05, 0.1) is 0 Å². The van der Waals surface area contributed by atoms with Crippen LogP contribution in [0.25, 0.3) is 0 Å². The first-order valence-electron chi connectivity index (χ1n) is 5.74. The van der Waals surface area contributed by atoms with E-state index in [0.717, 1.165) is 24.8 Å². The van der Waals surface area contributed by atoms with E-state index >= 15 is 0 Å². The molecule has 1 rings (SSSR count). The van der Waals surface area contributed by atoms with Gasteiger partial charge >= 0.3 is 5.97 Å². The zero-order chi connectivity index (χ0) is 12.5. The zero-order valence-corrected chi connectivity index (χ0v) is 9.94. The van der Waals surface area contributed by atoms with Crippen molar-refractivity contribution in [3.63, 3.8) is 0 Å². The first-order chi connectivity index (χ1) is 8.24. The van der Waals surface area contributed by atoms with Crippen LogP contribution in [0.5, 0.6) is 0 Å². The van der Waals surface area contributed by atoms with Gasteiger partial charge in [0, 0.05) is 5.56 Å². The summed E-state index contributed by atoms with van der Waals surface area (Å²) in [6.45, 7) is 2.07. The van der Waals surface area contributed by atoms with Crippen LogP contribution in [0.3, 0.4) is 0 Å². The van der Waals surface area contributed by atoms with Crippen molar-refractivity contribution in [1.82, 2.24) is 0 Å². The Hall–Kier alpha value is -2.01. The molecule has 0 aliphatic heterocycles. The smallest absolute Gasteiger partial charge is 0.343 e. The molecule has 0 spiro atoms. The van der Waals surface area contributed by atoms with Crippen molar-refractivity contribution in [2.45, 2.75) is 26.2 Å². The molecule has 1 aromatic rings. The van der Waals surface area contributed by atoms with Crippen molar-refractivity contribution in [1.29, 1.82) is 0 Å². The Bertz CT molecular complexity index is 447. The summed E-state index contributed by atoms with van der Waals surface area (Å²) in [5, 5.41) is 8.98. The van der Waals surface area contributed by atoms with Crippen LogP contribution in [0.15, 0.2) is 42.0 Å². The molecule has 0 aliphatic carbocycles. The Morgan fingerprint density at radius 3 is 2.65 bits per heavy atom. The first-order valence-corrected chi connectivity index (χ1v) is 5.74. The number of carbonyl (C=O) groups is 1. The van der Waals surface area contributed by atoms with Crippen LogP contribution in [0, 0.1) is 11.8 Å². The Morgan fingerprint density at radius 2 is 2.06 bits per heavy atom. The number of hydrogen-bond acceptors (Lipinski definition) is 1. The third-order valence-electron chi connectivity index (χ3n) is 2.25. The maximum Gasteiger partial charge on any atom is 0.343 e. The Labute approximate surface area is 102 Å². The normalized spacial score (nSPS) is 10.5. The van der Waals surface area contributed by atoms with Crippen molar-refractivity contribution >= 4 is 5.97 Å². The van der Waals surface area contributed by atoms with Gasteiger partial charge in [-0.2, -0.15) is 0 Å². The molecule has 2 heteroatoms. The van der Waals surface area contributed by atoms with E-state index < -0.39 is 5.97 Å². The summed E-state index contributed by atoms with van der Waals surface area (Å²) in [5.41, 5.74) is 1.01. The lowest BCUT2D eigenvalue weighted by atomic mass is 10.1. The lowest BCUT2D eigenvalue weighted by molar-refractivity contribution is -0.132. The minimum atomic E-state index is -0.954. The molecule has 0 bridgehead atoms. The van der Waals surface area contributed by atoms with E-state index in [0.29, 0.717) is 0 Å². The maximum absolute atomic E-state index is 10.9. The molecule has 1 N–H and O–H groups in total. The predicted octanol–water partition coefficient (Wildman–Crippen LogP) is 3.24. The van der Waals surface area contributed by atoms with E-state index in [-0.39, 0.29) is 5.57 Å². The third kappa shape index (κ3) is 5.03. The van der Waals surface area contributed by atoms with E-state index in [2.05, 4.69) is 18.8 Å². The largest absolute Gasteiger partial charge is 0.477 e. The third-order valence-corrected chi connectivity index (χ3v) is 2.25. The van der Waals surface area contributed by atoms with Crippen molar-refractivity contribution in [2.75, 3.05) is 0 Å². The highest BCUT2D eigenvalue weighted by Gasteiger charge is 2.01. The molecule has 0 saturated carbocycles. The van der Waals surface area contributed by atoms with Crippen molar-refractivity contribution < 1.29 is 9.90 Å². The van der Waals surface area contributed by atoms with Crippen molar-refractivity contribution in [3.05, 3.63) is 47.5 Å². The molecular weight excluding hydrogens is 212 g/mol. The van der Waals surface area contributed by atoms with Crippen LogP contribution >= 0.6 is 0 Å². The maximum atomic E-state index is 10.9. The number of aliphatic carboxylic acids is 1. The first kappa shape index (κ1) is 13.1.